The maximum absolute atomic E-state index is 13.4. The number of hydrogen-bond acceptors (Lipinski definition) is 6. The first-order chi connectivity index (χ1) is 17.6. The molecule has 1 aliphatic carbocycles. The molecule has 0 spiro atoms. The number of methoxy groups -OCH3 is 1. The summed E-state index contributed by atoms with van der Waals surface area (Å²) in [6.07, 6.45) is -3.42. The normalized spacial score (nSPS) is 20.0. The second-order valence-corrected chi connectivity index (χ2v) is 12.2. The molecule has 2 aromatic carbocycles. The van der Waals surface area contributed by atoms with Gasteiger partial charge in [-0.3, -0.25) is 9.59 Å². The molecule has 1 fully saturated rings. The molecule has 0 radical (unpaired) electrons. The van der Waals surface area contributed by atoms with E-state index in [2.05, 4.69) is 5.32 Å². The summed E-state index contributed by atoms with van der Waals surface area (Å²) in [5.74, 6) is -1.05. The molecule has 12 heteroatoms. The van der Waals surface area contributed by atoms with Crippen LogP contribution in [-0.2, 0) is 36.3 Å². The monoisotopic (exact) mass is 554 g/mol. The lowest BCUT2D eigenvalue weighted by molar-refractivity contribution is -0.258. The van der Waals surface area contributed by atoms with Gasteiger partial charge in [0.1, 0.15) is 6.04 Å². The Morgan fingerprint density at radius 3 is 2.32 bits per heavy atom. The Kier molecular flexibility index (Phi) is 7.13. The number of rotatable bonds is 8. The van der Waals surface area contributed by atoms with Crippen molar-refractivity contribution in [1.29, 1.82) is 0 Å². The van der Waals surface area contributed by atoms with Crippen molar-refractivity contribution in [1.82, 2.24) is 4.90 Å². The van der Waals surface area contributed by atoms with Crippen molar-refractivity contribution in [2.24, 2.45) is 0 Å². The molecule has 2 amide bonds. The Labute approximate surface area is 218 Å². The van der Waals surface area contributed by atoms with Crippen molar-refractivity contribution in [3.05, 3.63) is 59.2 Å². The zero-order valence-corrected chi connectivity index (χ0v) is 21.9. The quantitative estimate of drug-likeness (QED) is 0.513. The SMILES string of the molecule is CCS(=O)(=O)c1ccc2c(c1)CN(C(=O)CC1(OC)CC1)C2C(=O)Nc1ccc(C(C)(O)C(F)(F)F)cc1. The Balaban J connectivity index is 1.63. The summed E-state index contributed by atoms with van der Waals surface area (Å²) in [7, 11) is -2.00. The first-order valence-electron chi connectivity index (χ1n) is 12.0. The van der Waals surface area contributed by atoms with Crippen molar-refractivity contribution >= 4 is 27.3 Å². The number of aliphatic hydroxyl groups is 1. The van der Waals surface area contributed by atoms with E-state index in [1.54, 1.807) is 0 Å². The summed E-state index contributed by atoms with van der Waals surface area (Å²) in [6, 6.07) is 7.89. The highest BCUT2D eigenvalue weighted by molar-refractivity contribution is 7.91. The summed E-state index contributed by atoms with van der Waals surface area (Å²) in [4.78, 5) is 28.2. The number of hydrogen-bond donors (Lipinski definition) is 2. The van der Waals surface area contributed by atoms with Gasteiger partial charge in [0.15, 0.2) is 15.4 Å². The number of carbonyl (C=O) groups is 2. The molecule has 0 saturated heterocycles. The van der Waals surface area contributed by atoms with Crippen LogP contribution < -0.4 is 5.32 Å². The molecular formula is C26H29F3N2O6S. The molecule has 1 heterocycles. The van der Waals surface area contributed by atoms with Crippen LogP contribution in [0.15, 0.2) is 47.4 Å². The molecule has 4 rings (SSSR count). The van der Waals surface area contributed by atoms with Gasteiger partial charge in [0.05, 0.1) is 22.7 Å². The lowest BCUT2D eigenvalue weighted by Crippen LogP contribution is -2.39. The first kappa shape index (κ1) is 28.1. The Hall–Kier alpha value is -2.96. The maximum Gasteiger partial charge on any atom is 0.421 e. The molecule has 2 N–H and O–H groups in total. The molecule has 2 aliphatic rings. The molecular weight excluding hydrogens is 525 g/mol. The predicted octanol–water partition coefficient (Wildman–Crippen LogP) is 3.84. The summed E-state index contributed by atoms with van der Waals surface area (Å²) in [5, 5.41) is 12.5. The van der Waals surface area contributed by atoms with Crippen LogP contribution in [0, 0.1) is 0 Å². The van der Waals surface area contributed by atoms with Gasteiger partial charge in [-0.2, -0.15) is 13.2 Å². The number of anilines is 1. The second kappa shape index (κ2) is 9.65. The third-order valence-corrected chi connectivity index (χ3v) is 9.08. The van der Waals surface area contributed by atoms with E-state index in [4.69, 9.17) is 4.74 Å². The lowest BCUT2D eigenvalue weighted by atomic mass is 9.95. The average Bonchev–Trinajstić information content (AvgIpc) is 3.52. The summed E-state index contributed by atoms with van der Waals surface area (Å²) in [5.41, 5.74) is -2.89. The molecule has 2 aromatic rings. The van der Waals surface area contributed by atoms with E-state index in [0.717, 1.165) is 12.1 Å². The number of benzene rings is 2. The van der Waals surface area contributed by atoms with Crippen LogP contribution in [0.3, 0.4) is 0 Å². The smallest absolute Gasteiger partial charge is 0.378 e. The number of sulfone groups is 1. The minimum Gasteiger partial charge on any atom is -0.378 e. The number of amides is 2. The van der Waals surface area contributed by atoms with E-state index >= 15 is 0 Å². The molecule has 2 unspecified atom stereocenters. The Morgan fingerprint density at radius 2 is 1.79 bits per heavy atom. The van der Waals surface area contributed by atoms with Crippen molar-refractivity contribution in [3.63, 3.8) is 0 Å². The number of halogens is 3. The number of alkyl halides is 3. The number of ether oxygens (including phenoxy) is 1. The van der Waals surface area contributed by atoms with E-state index in [-0.39, 0.29) is 35.2 Å². The summed E-state index contributed by atoms with van der Waals surface area (Å²) in [6.45, 7) is 2.18. The van der Waals surface area contributed by atoms with Gasteiger partial charge in [-0.05, 0) is 60.7 Å². The molecule has 1 saturated carbocycles. The Morgan fingerprint density at radius 1 is 1.16 bits per heavy atom. The fraction of sp³-hybridized carbons (Fsp3) is 0.462. The van der Waals surface area contributed by atoms with Crippen LogP contribution >= 0.6 is 0 Å². The van der Waals surface area contributed by atoms with E-state index < -0.39 is 44.7 Å². The second-order valence-electron chi connectivity index (χ2n) is 9.89. The third kappa shape index (κ3) is 5.16. The molecule has 2 atom stereocenters. The van der Waals surface area contributed by atoms with Crippen molar-refractivity contribution in [3.8, 4) is 0 Å². The van der Waals surface area contributed by atoms with Crippen molar-refractivity contribution in [2.75, 3.05) is 18.2 Å². The van der Waals surface area contributed by atoms with Crippen molar-refractivity contribution in [2.45, 2.75) is 68.0 Å². The Bertz CT molecular complexity index is 1350. The minimum absolute atomic E-state index is 0.0203. The van der Waals surface area contributed by atoms with Crippen molar-refractivity contribution < 1.29 is 41.0 Å². The van der Waals surface area contributed by atoms with E-state index in [0.29, 0.717) is 30.9 Å². The van der Waals surface area contributed by atoms with Gasteiger partial charge in [-0.15, -0.1) is 0 Å². The van der Waals surface area contributed by atoms with Crippen LogP contribution in [0.4, 0.5) is 18.9 Å². The van der Waals surface area contributed by atoms with Crippen LogP contribution in [0.2, 0.25) is 0 Å². The number of fused-ring (bicyclic) bond motifs is 1. The highest BCUT2D eigenvalue weighted by Crippen LogP contribution is 2.45. The van der Waals surface area contributed by atoms with Gasteiger partial charge < -0.3 is 20.1 Å². The van der Waals surface area contributed by atoms with E-state index in [1.807, 2.05) is 0 Å². The van der Waals surface area contributed by atoms with E-state index in [1.165, 1.54) is 49.3 Å². The fourth-order valence-electron chi connectivity index (χ4n) is 4.53. The highest BCUT2D eigenvalue weighted by Gasteiger charge is 2.51. The van der Waals surface area contributed by atoms with Crippen LogP contribution in [0.5, 0.6) is 0 Å². The topological polar surface area (TPSA) is 113 Å². The summed E-state index contributed by atoms with van der Waals surface area (Å²) < 4.78 is 69.8. The largest absolute Gasteiger partial charge is 0.421 e. The predicted molar refractivity (Wildman–Crippen MR) is 132 cm³/mol. The molecule has 1 aliphatic heterocycles. The fourth-order valence-corrected chi connectivity index (χ4v) is 5.46. The zero-order valence-electron chi connectivity index (χ0n) is 21.1. The molecule has 0 bridgehead atoms. The van der Waals surface area contributed by atoms with Gasteiger partial charge in [0.2, 0.25) is 5.91 Å². The van der Waals surface area contributed by atoms with Gasteiger partial charge in [0, 0.05) is 19.3 Å². The lowest BCUT2D eigenvalue weighted by Gasteiger charge is -2.27. The zero-order chi connectivity index (χ0) is 28.1. The molecule has 38 heavy (non-hydrogen) atoms. The van der Waals surface area contributed by atoms with Gasteiger partial charge in [0.25, 0.3) is 5.91 Å². The highest BCUT2D eigenvalue weighted by atomic mass is 32.2. The maximum atomic E-state index is 13.4. The van der Waals surface area contributed by atoms with Gasteiger partial charge >= 0.3 is 6.18 Å². The van der Waals surface area contributed by atoms with E-state index in [9.17, 15) is 36.3 Å². The standard InChI is InChI=1S/C26H29F3N2O6S/c1-4-38(35,36)19-9-10-20-16(13-19)15-31(21(32)14-25(37-3)11-12-25)22(20)23(33)30-18-7-5-17(6-8-18)24(2,34)26(27,28)29/h5-10,13,22,34H,4,11-12,14-15H2,1-3H3,(H,30,33). The van der Waals surface area contributed by atoms with Crippen LogP contribution in [0.25, 0.3) is 0 Å². The number of carbonyl (C=O) groups excluding carboxylic acids is 2. The summed E-state index contributed by atoms with van der Waals surface area (Å²) >= 11 is 0. The van der Waals surface area contributed by atoms with Gasteiger partial charge in [-0.1, -0.05) is 25.1 Å². The molecule has 206 valence electrons. The van der Waals surface area contributed by atoms with Gasteiger partial charge in [-0.25, -0.2) is 8.42 Å². The molecule has 8 nitrogen and oxygen atoms in total. The number of nitrogens with zero attached hydrogens (tertiary/aromatic N) is 1. The third-order valence-electron chi connectivity index (χ3n) is 7.35. The van der Waals surface area contributed by atoms with Crippen LogP contribution in [0.1, 0.15) is 55.8 Å². The first-order valence-corrected chi connectivity index (χ1v) is 13.7. The average molecular weight is 555 g/mol. The van der Waals surface area contributed by atoms with Crippen LogP contribution in [-0.4, -0.2) is 54.9 Å². The number of nitrogens with one attached hydrogen (secondary N) is 1. The minimum atomic E-state index is -4.89. The molecule has 0 aromatic heterocycles.